The van der Waals surface area contributed by atoms with Crippen LogP contribution in [0.2, 0.25) is 0 Å². The molecule has 7 heteroatoms. The van der Waals surface area contributed by atoms with Crippen LogP contribution in [0.25, 0.3) is 5.69 Å². The number of anilines is 3. The van der Waals surface area contributed by atoms with Gasteiger partial charge in [-0.05, 0) is 68.5 Å². The lowest BCUT2D eigenvalue weighted by molar-refractivity contribution is 0.580. The maximum atomic E-state index is 13.4. The highest BCUT2D eigenvalue weighted by Crippen LogP contribution is 2.34. The molecule has 5 nitrogen and oxygen atoms in total. The van der Waals surface area contributed by atoms with Crippen molar-refractivity contribution in [2.45, 2.75) is 32.7 Å². The largest absolute Gasteiger partial charge is 0.382 e. The third kappa shape index (κ3) is 4.24. The van der Waals surface area contributed by atoms with E-state index in [9.17, 15) is 8.78 Å². The number of nitrogens with one attached hydrogen (secondary N) is 2. The second-order valence-corrected chi connectivity index (χ2v) is 7.12. The topological polar surface area (TPSA) is 54.8 Å². The van der Waals surface area contributed by atoms with E-state index in [0.717, 1.165) is 28.9 Å². The van der Waals surface area contributed by atoms with E-state index in [0.29, 0.717) is 12.0 Å². The molecule has 1 fully saturated rings. The van der Waals surface area contributed by atoms with Crippen LogP contribution < -0.4 is 10.6 Å². The van der Waals surface area contributed by atoms with Crippen LogP contribution in [0.4, 0.5) is 26.1 Å². The smallest absolute Gasteiger partial charge is 0.246 e. The SMILES string of the molecule is Cc1cc(Nc2ncn(-c3cc(F)cc(F)c3)n2)cc(NC(C)C2CC2)c1. The lowest BCUT2D eigenvalue weighted by Crippen LogP contribution is -2.17. The number of benzene rings is 2. The first-order valence-corrected chi connectivity index (χ1v) is 9.00. The van der Waals surface area contributed by atoms with E-state index in [1.54, 1.807) is 0 Å². The second-order valence-electron chi connectivity index (χ2n) is 7.12. The predicted molar refractivity (Wildman–Crippen MR) is 102 cm³/mol. The zero-order valence-corrected chi connectivity index (χ0v) is 15.2. The lowest BCUT2D eigenvalue weighted by Gasteiger charge is -2.16. The summed E-state index contributed by atoms with van der Waals surface area (Å²) in [6.45, 7) is 4.23. The highest BCUT2D eigenvalue weighted by molar-refractivity contribution is 5.63. The standard InChI is InChI=1S/C20H21F2N5/c1-12-5-17(24-13(2)14-3-4-14)10-18(6-12)25-20-23-11-27(26-20)19-8-15(21)7-16(22)9-19/h5-11,13-14,24H,3-4H2,1-2H3,(H,25,26). The van der Waals surface area contributed by atoms with Crippen molar-refractivity contribution in [1.82, 2.24) is 14.8 Å². The molecule has 140 valence electrons. The molecule has 1 aliphatic carbocycles. The van der Waals surface area contributed by atoms with Gasteiger partial charge >= 0.3 is 0 Å². The lowest BCUT2D eigenvalue weighted by atomic mass is 10.1. The van der Waals surface area contributed by atoms with Crippen LogP contribution in [-0.2, 0) is 0 Å². The van der Waals surface area contributed by atoms with Gasteiger partial charge in [0.2, 0.25) is 5.95 Å². The fraction of sp³-hybridized carbons (Fsp3) is 0.300. The van der Waals surface area contributed by atoms with E-state index in [1.165, 1.54) is 36.0 Å². The molecular formula is C20H21F2N5. The first kappa shape index (κ1) is 17.5. The Morgan fingerprint density at radius 2 is 1.74 bits per heavy atom. The summed E-state index contributed by atoms with van der Waals surface area (Å²) in [6.07, 6.45) is 3.99. The van der Waals surface area contributed by atoms with E-state index in [1.807, 2.05) is 19.1 Å². The van der Waals surface area contributed by atoms with Crippen molar-refractivity contribution >= 4 is 17.3 Å². The number of halogens is 2. The Morgan fingerprint density at radius 1 is 1.04 bits per heavy atom. The number of aromatic nitrogens is 3. The third-order valence-electron chi connectivity index (χ3n) is 4.66. The Labute approximate surface area is 156 Å². The van der Waals surface area contributed by atoms with Crippen molar-refractivity contribution in [3.8, 4) is 5.69 Å². The predicted octanol–water partition coefficient (Wildman–Crippen LogP) is 4.81. The van der Waals surface area contributed by atoms with E-state index in [4.69, 9.17) is 0 Å². The maximum absolute atomic E-state index is 13.4. The molecule has 4 rings (SSSR count). The molecule has 1 atom stereocenters. The molecule has 1 saturated carbocycles. The Morgan fingerprint density at radius 3 is 2.44 bits per heavy atom. The third-order valence-corrected chi connectivity index (χ3v) is 4.66. The molecule has 2 N–H and O–H groups in total. The summed E-state index contributed by atoms with van der Waals surface area (Å²) in [6, 6.07) is 9.78. The molecule has 1 heterocycles. The number of hydrogen-bond acceptors (Lipinski definition) is 4. The van der Waals surface area contributed by atoms with Gasteiger partial charge in [-0.3, -0.25) is 0 Å². The molecule has 27 heavy (non-hydrogen) atoms. The first-order valence-electron chi connectivity index (χ1n) is 9.00. The number of nitrogens with zero attached hydrogens (tertiary/aromatic N) is 3. The number of hydrogen-bond donors (Lipinski definition) is 2. The van der Waals surface area contributed by atoms with Crippen LogP contribution >= 0.6 is 0 Å². The van der Waals surface area contributed by atoms with Crippen molar-refractivity contribution in [3.05, 3.63) is 59.9 Å². The molecule has 0 aliphatic heterocycles. The van der Waals surface area contributed by atoms with Crippen molar-refractivity contribution in [3.63, 3.8) is 0 Å². The van der Waals surface area contributed by atoms with Crippen LogP contribution in [0.5, 0.6) is 0 Å². The molecule has 0 radical (unpaired) electrons. The summed E-state index contributed by atoms with van der Waals surface area (Å²) < 4.78 is 28.1. The highest BCUT2D eigenvalue weighted by Gasteiger charge is 2.27. The summed E-state index contributed by atoms with van der Waals surface area (Å²) >= 11 is 0. The Kier molecular flexibility index (Phi) is 4.51. The molecule has 0 spiro atoms. The molecule has 3 aromatic rings. The summed E-state index contributed by atoms with van der Waals surface area (Å²) in [5.41, 5.74) is 3.28. The van der Waals surface area contributed by atoms with Crippen LogP contribution in [-0.4, -0.2) is 20.8 Å². The average molecular weight is 369 g/mol. The van der Waals surface area contributed by atoms with Gasteiger partial charge in [0.25, 0.3) is 0 Å². The van der Waals surface area contributed by atoms with Crippen molar-refractivity contribution in [2.24, 2.45) is 5.92 Å². The van der Waals surface area contributed by atoms with Gasteiger partial charge < -0.3 is 10.6 Å². The molecule has 2 aromatic carbocycles. The molecular weight excluding hydrogens is 348 g/mol. The van der Waals surface area contributed by atoms with Gasteiger partial charge in [-0.2, -0.15) is 4.98 Å². The van der Waals surface area contributed by atoms with Gasteiger partial charge in [0, 0.05) is 23.5 Å². The first-order chi connectivity index (χ1) is 13.0. The van der Waals surface area contributed by atoms with E-state index >= 15 is 0 Å². The summed E-state index contributed by atoms with van der Waals surface area (Å²) in [5.74, 6) is -0.208. The highest BCUT2D eigenvalue weighted by atomic mass is 19.1. The number of aryl methyl sites for hydroxylation is 1. The molecule has 0 saturated heterocycles. The molecule has 1 aliphatic rings. The van der Waals surface area contributed by atoms with Gasteiger partial charge in [-0.1, -0.05) is 0 Å². The minimum absolute atomic E-state index is 0.276. The van der Waals surface area contributed by atoms with Gasteiger partial charge in [-0.25, -0.2) is 13.5 Å². The van der Waals surface area contributed by atoms with Gasteiger partial charge in [-0.15, -0.1) is 5.10 Å². The van der Waals surface area contributed by atoms with Gasteiger partial charge in [0.05, 0.1) is 5.69 Å². The maximum Gasteiger partial charge on any atom is 0.246 e. The van der Waals surface area contributed by atoms with Gasteiger partial charge in [0.15, 0.2) is 0 Å². The summed E-state index contributed by atoms with van der Waals surface area (Å²) in [7, 11) is 0. The van der Waals surface area contributed by atoms with E-state index < -0.39 is 11.6 Å². The molecule has 0 bridgehead atoms. The fourth-order valence-electron chi connectivity index (χ4n) is 3.16. The molecule has 1 aromatic heterocycles. The van der Waals surface area contributed by atoms with Crippen molar-refractivity contribution in [1.29, 1.82) is 0 Å². The monoisotopic (exact) mass is 369 g/mol. The molecule has 1 unspecified atom stereocenters. The normalized spacial score (nSPS) is 14.8. The minimum atomic E-state index is -0.658. The Hall–Kier alpha value is -2.96. The average Bonchev–Trinajstić information content (AvgIpc) is 3.33. The Bertz CT molecular complexity index is 945. The van der Waals surface area contributed by atoms with Crippen molar-refractivity contribution in [2.75, 3.05) is 10.6 Å². The van der Waals surface area contributed by atoms with Crippen LogP contribution in [0.15, 0.2) is 42.7 Å². The van der Waals surface area contributed by atoms with E-state index in [-0.39, 0.29) is 5.69 Å². The second kappa shape index (κ2) is 6.98. The zero-order valence-electron chi connectivity index (χ0n) is 15.2. The van der Waals surface area contributed by atoms with Crippen molar-refractivity contribution < 1.29 is 8.78 Å². The van der Waals surface area contributed by atoms with E-state index in [2.05, 4.69) is 33.7 Å². The van der Waals surface area contributed by atoms with Crippen LogP contribution in [0.3, 0.4) is 0 Å². The minimum Gasteiger partial charge on any atom is -0.382 e. The van der Waals surface area contributed by atoms with Crippen LogP contribution in [0.1, 0.15) is 25.3 Å². The number of rotatable bonds is 6. The summed E-state index contributed by atoms with van der Waals surface area (Å²) in [5, 5.41) is 11.0. The van der Waals surface area contributed by atoms with Crippen LogP contribution in [0, 0.1) is 24.5 Å². The molecule has 0 amide bonds. The van der Waals surface area contributed by atoms with Gasteiger partial charge in [0.1, 0.15) is 18.0 Å². The fourth-order valence-corrected chi connectivity index (χ4v) is 3.16. The quantitative estimate of drug-likeness (QED) is 0.655. The summed E-state index contributed by atoms with van der Waals surface area (Å²) in [4.78, 5) is 4.18. The zero-order chi connectivity index (χ0) is 19.0. The Balaban J connectivity index is 1.52.